The van der Waals surface area contributed by atoms with Gasteiger partial charge in [0.15, 0.2) is 5.78 Å². The normalized spacial score (nSPS) is 10.7. The topological polar surface area (TPSA) is 43.1 Å². The number of halogens is 1. The van der Waals surface area contributed by atoms with Gasteiger partial charge >= 0.3 is 0 Å². The number of hydrogen-bond acceptors (Lipinski definition) is 2. The number of carbonyl (C=O) groups is 1. The van der Waals surface area contributed by atoms with Crippen molar-refractivity contribution < 1.29 is 4.79 Å². The third-order valence-corrected chi connectivity index (χ3v) is 3.02. The van der Waals surface area contributed by atoms with Crippen molar-refractivity contribution >= 4 is 33.5 Å². The second kappa shape index (κ2) is 5.65. The van der Waals surface area contributed by atoms with Gasteiger partial charge in [-0.05, 0) is 48.0 Å². The van der Waals surface area contributed by atoms with Gasteiger partial charge < -0.3 is 5.73 Å². The van der Waals surface area contributed by atoms with E-state index in [0.717, 1.165) is 10.0 Å². The summed E-state index contributed by atoms with van der Waals surface area (Å²) >= 11 is 3.37. The number of anilines is 1. The lowest BCUT2D eigenvalue weighted by molar-refractivity contribution is 0.104. The van der Waals surface area contributed by atoms with Crippen LogP contribution in [0.2, 0.25) is 0 Å². The van der Waals surface area contributed by atoms with Gasteiger partial charge in [-0.25, -0.2) is 0 Å². The molecule has 3 heteroatoms. The van der Waals surface area contributed by atoms with Gasteiger partial charge in [0.05, 0.1) is 0 Å². The number of nitrogens with two attached hydrogens (primary N) is 1. The maximum Gasteiger partial charge on any atom is 0.185 e. The van der Waals surface area contributed by atoms with Crippen molar-refractivity contribution in [3.05, 3.63) is 70.2 Å². The van der Waals surface area contributed by atoms with E-state index in [-0.39, 0.29) is 5.78 Å². The highest BCUT2D eigenvalue weighted by Crippen LogP contribution is 2.12. The molecule has 0 aromatic heterocycles. The zero-order valence-electron chi connectivity index (χ0n) is 9.64. The molecule has 0 atom stereocenters. The van der Waals surface area contributed by atoms with Crippen LogP contribution in [0.3, 0.4) is 0 Å². The average molecular weight is 302 g/mol. The molecule has 0 bridgehead atoms. The number of allylic oxidation sites excluding steroid dienone is 1. The molecule has 90 valence electrons. The van der Waals surface area contributed by atoms with Gasteiger partial charge in [0, 0.05) is 15.7 Å². The summed E-state index contributed by atoms with van der Waals surface area (Å²) in [5.41, 5.74) is 7.85. The van der Waals surface area contributed by atoms with Crippen LogP contribution in [-0.4, -0.2) is 5.78 Å². The standard InChI is InChI=1S/C15H12BrNO/c16-13-6-1-11(2-7-13)3-10-15(18)12-4-8-14(17)9-5-12/h1-10H,17H2/b10-3+. The Balaban J connectivity index is 2.11. The predicted molar refractivity (Wildman–Crippen MR) is 78.4 cm³/mol. The van der Waals surface area contributed by atoms with E-state index in [2.05, 4.69) is 15.9 Å². The van der Waals surface area contributed by atoms with Gasteiger partial charge in [-0.3, -0.25) is 4.79 Å². The second-order valence-electron chi connectivity index (χ2n) is 3.87. The Bertz CT molecular complexity index is 570. The van der Waals surface area contributed by atoms with Crippen molar-refractivity contribution in [2.24, 2.45) is 0 Å². The summed E-state index contributed by atoms with van der Waals surface area (Å²) in [5.74, 6) is -0.0297. The average Bonchev–Trinajstić information content (AvgIpc) is 2.38. The molecule has 0 fully saturated rings. The van der Waals surface area contributed by atoms with Crippen molar-refractivity contribution in [1.29, 1.82) is 0 Å². The van der Waals surface area contributed by atoms with E-state index in [1.54, 1.807) is 36.4 Å². The van der Waals surface area contributed by atoms with E-state index < -0.39 is 0 Å². The van der Waals surface area contributed by atoms with E-state index in [1.165, 1.54) is 0 Å². The Morgan fingerprint density at radius 3 is 2.22 bits per heavy atom. The molecule has 0 unspecified atom stereocenters. The summed E-state index contributed by atoms with van der Waals surface area (Å²) < 4.78 is 1.02. The molecular weight excluding hydrogens is 290 g/mol. The van der Waals surface area contributed by atoms with Crippen LogP contribution in [0.5, 0.6) is 0 Å². The molecule has 18 heavy (non-hydrogen) atoms. The van der Waals surface area contributed by atoms with Crippen molar-refractivity contribution in [3.8, 4) is 0 Å². The van der Waals surface area contributed by atoms with Crippen molar-refractivity contribution in [2.75, 3.05) is 5.73 Å². The summed E-state index contributed by atoms with van der Waals surface area (Å²) in [6, 6.07) is 14.7. The molecule has 2 aromatic carbocycles. The Kier molecular flexibility index (Phi) is 3.95. The van der Waals surface area contributed by atoms with Crippen LogP contribution in [0.25, 0.3) is 6.08 Å². The molecule has 0 radical (unpaired) electrons. The molecule has 0 amide bonds. The smallest absolute Gasteiger partial charge is 0.185 e. The molecule has 2 nitrogen and oxygen atoms in total. The first kappa shape index (κ1) is 12.6. The summed E-state index contributed by atoms with van der Waals surface area (Å²) in [7, 11) is 0. The Morgan fingerprint density at radius 1 is 1.00 bits per heavy atom. The zero-order chi connectivity index (χ0) is 13.0. The molecule has 0 saturated heterocycles. The quantitative estimate of drug-likeness (QED) is 0.530. The maximum absolute atomic E-state index is 11.9. The summed E-state index contributed by atoms with van der Waals surface area (Å²) in [6.07, 6.45) is 3.36. The zero-order valence-corrected chi connectivity index (χ0v) is 11.2. The molecular formula is C15H12BrNO. The number of carbonyl (C=O) groups excluding carboxylic acids is 1. The Labute approximate surface area is 114 Å². The summed E-state index contributed by atoms with van der Waals surface area (Å²) in [4.78, 5) is 11.9. The van der Waals surface area contributed by atoms with E-state index in [4.69, 9.17) is 5.73 Å². The third-order valence-electron chi connectivity index (χ3n) is 2.49. The molecule has 0 aliphatic rings. The highest BCUT2D eigenvalue weighted by molar-refractivity contribution is 9.10. The maximum atomic E-state index is 11.9. The van der Waals surface area contributed by atoms with Gasteiger partial charge in [-0.2, -0.15) is 0 Å². The number of rotatable bonds is 3. The van der Waals surface area contributed by atoms with Gasteiger partial charge in [0.1, 0.15) is 0 Å². The first-order chi connectivity index (χ1) is 8.65. The van der Waals surface area contributed by atoms with Crippen LogP contribution in [0.4, 0.5) is 5.69 Å². The monoisotopic (exact) mass is 301 g/mol. The number of nitrogen functional groups attached to an aromatic ring is 1. The molecule has 0 spiro atoms. The van der Waals surface area contributed by atoms with Crippen molar-refractivity contribution in [2.45, 2.75) is 0 Å². The number of ketones is 1. The fourth-order valence-corrected chi connectivity index (χ4v) is 1.75. The predicted octanol–water partition coefficient (Wildman–Crippen LogP) is 3.93. The lowest BCUT2D eigenvalue weighted by Crippen LogP contribution is -1.94. The van der Waals surface area contributed by atoms with E-state index in [1.807, 2.05) is 24.3 Å². The van der Waals surface area contributed by atoms with Crippen LogP contribution < -0.4 is 5.73 Å². The summed E-state index contributed by atoms with van der Waals surface area (Å²) in [5, 5.41) is 0. The van der Waals surface area contributed by atoms with Gasteiger partial charge in [-0.1, -0.05) is 34.1 Å². The molecule has 0 aliphatic heterocycles. The van der Waals surface area contributed by atoms with Crippen LogP contribution in [0.1, 0.15) is 15.9 Å². The fourth-order valence-electron chi connectivity index (χ4n) is 1.49. The van der Waals surface area contributed by atoms with Gasteiger partial charge in [0.25, 0.3) is 0 Å². The highest BCUT2D eigenvalue weighted by Gasteiger charge is 2.00. The van der Waals surface area contributed by atoms with Gasteiger partial charge in [0.2, 0.25) is 0 Å². The fraction of sp³-hybridized carbons (Fsp3) is 0. The molecule has 2 N–H and O–H groups in total. The van der Waals surface area contributed by atoms with Crippen LogP contribution in [0, 0.1) is 0 Å². The Morgan fingerprint density at radius 2 is 1.61 bits per heavy atom. The first-order valence-electron chi connectivity index (χ1n) is 5.49. The largest absolute Gasteiger partial charge is 0.399 e. The van der Waals surface area contributed by atoms with E-state index in [0.29, 0.717) is 11.3 Å². The number of benzene rings is 2. The number of hydrogen-bond donors (Lipinski definition) is 1. The lowest BCUT2D eigenvalue weighted by Gasteiger charge is -1.97. The van der Waals surface area contributed by atoms with Crippen molar-refractivity contribution in [1.82, 2.24) is 0 Å². The Hall–Kier alpha value is -1.87. The molecule has 2 rings (SSSR count). The van der Waals surface area contributed by atoms with E-state index >= 15 is 0 Å². The summed E-state index contributed by atoms with van der Waals surface area (Å²) in [6.45, 7) is 0. The second-order valence-corrected chi connectivity index (χ2v) is 4.79. The molecule has 0 aliphatic carbocycles. The molecule has 0 saturated carbocycles. The van der Waals surface area contributed by atoms with Crippen LogP contribution in [-0.2, 0) is 0 Å². The minimum Gasteiger partial charge on any atom is -0.399 e. The van der Waals surface area contributed by atoms with E-state index in [9.17, 15) is 4.79 Å². The minimum absolute atomic E-state index is 0.0297. The highest BCUT2D eigenvalue weighted by atomic mass is 79.9. The third kappa shape index (κ3) is 3.31. The van der Waals surface area contributed by atoms with Gasteiger partial charge in [-0.15, -0.1) is 0 Å². The SMILES string of the molecule is Nc1ccc(C(=O)/C=C/c2ccc(Br)cc2)cc1. The first-order valence-corrected chi connectivity index (χ1v) is 6.28. The minimum atomic E-state index is -0.0297. The van der Waals surface area contributed by atoms with Crippen LogP contribution in [0.15, 0.2) is 59.1 Å². The van der Waals surface area contributed by atoms with Crippen LogP contribution >= 0.6 is 15.9 Å². The molecule has 2 aromatic rings. The molecule has 0 heterocycles. The lowest BCUT2D eigenvalue weighted by atomic mass is 10.1. The van der Waals surface area contributed by atoms with Crippen molar-refractivity contribution in [3.63, 3.8) is 0 Å².